The molecule has 0 aliphatic rings. The molecule has 0 heterocycles. The normalized spacial score (nSPS) is 9.93. The number of fused-ring (bicyclic) bond motifs is 1. The predicted molar refractivity (Wildman–Crippen MR) is 118 cm³/mol. The maximum Gasteiger partial charge on any atom is 0.0357 e. The van der Waals surface area contributed by atoms with Gasteiger partial charge in [0.15, 0.2) is 0 Å². The minimum atomic E-state index is 1.02. The van der Waals surface area contributed by atoms with E-state index in [-0.39, 0.29) is 0 Å². The van der Waals surface area contributed by atoms with E-state index >= 15 is 0 Å². The van der Waals surface area contributed by atoms with Crippen molar-refractivity contribution in [3.8, 4) is 23.7 Å². The lowest BCUT2D eigenvalue weighted by Gasteiger charge is -2.09. The van der Waals surface area contributed by atoms with Crippen molar-refractivity contribution in [1.82, 2.24) is 0 Å². The Morgan fingerprint density at radius 1 is 0.536 bits per heavy atom. The van der Waals surface area contributed by atoms with Gasteiger partial charge >= 0.3 is 0 Å². The predicted octanol–water partition coefficient (Wildman–Crippen LogP) is 6.26. The first-order chi connectivity index (χ1) is 13.7. The summed E-state index contributed by atoms with van der Waals surface area (Å²) in [5.41, 5.74) is 6.54. The molecule has 4 rings (SSSR count). The van der Waals surface area contributed by atoms with Crippen LogP contribution in [0.25, 0.3) is 10.8 Å². The molecule has 0 nitrogen and oxygen atoms in total. The lowest BCUT2D eigenvalue weighted by Crippen LogP contribution is -1.91. The highest BCUT2D eigenvalue weighted by Gasteiger charge is 2.08. The average molecular weight is 356 g/mol. The Morgan fingerprint density at radius 2 is 1.14 bits per heavy atom. The molecule has 0 saturated heterocycles. The van der Waals surface area contributed by atoms with Crippen molar-refractivity contribution in [2.45, 2.75) is 13.8 Å². The molecular formula is C28H20. The van der Waals surface area contributed by atoms with Crippen LogP contribution in [0.4, 0.5) is 0 Å². The molecule has 0 N–H and O–H groups in total. The van der Waals surface area contributed by atoms with E-state index in [1.807, 2.05) is 60.7 Å². The van der Waals surface area contributed by atoms with Crippen LogP contribution < -0.4 is 0 Å². The molecule has 0 aromatic heterocycles. The Kier molecular flexibility index (Phi) is 4.97. The average Bonchev–Trinajstić information content (AvgIpc) is 2.73. The monoisotopic (exact) mass is 356 g/mol. The van der Waals surface area contributed by atoms with E-state index in [9.17, 15) is 0 Å². The lowest BCUT2D eigenvalue weighted by molar-refractivity contribution is 1.44. The van der Waals surface area contributed by atoms with Crippen molar-refractivity contribution in [1.29, 1.82) is 0 Å². The van der Waals surface area contributed by atoms with Gasteiger partial charge < -0.3 is 0 Å². The Morgan fingerprint density at radius 3 is 1.79 bits per heavy atom. The maximum atomic E-state index is 3.39. The molecule has 0 aliphatic carbocycles. The smallest absolute Gasteiger partial charge is 0.0357 e. The molecule has 0 unspecified atom stereocenters. The van der Waals surface area contributed by atoms with Crippen LogP contribution >= 0.6 is 0 Å². The minimum absolute atomic E-state index is 1.02. The molecule has 4 aromatic rings. The van der Waals surface area contributed by atoms with E-state index in [0.29, 0.717) is 0 Å². The number of benzene rings is 4. The molecule has 0 bridgehead atoms. The van der Waals surface area contributed by atoms with Crippen molar-refractivity contribution < 1.29 is 0 Å². The van der Waals surface area contributed by atoms with Gasteiger partial charge in [0.2, 0.25) is 0 Å². The summed E-state index contributed by atoms with van der Waals surface area (Å²) in [4.78, 5) is 0. The van der Waals surface area contributed by atoms with E-state index in [4.69, 9.17) is 0 Å². The van der Waals surface area contributed by atoms with Gasteiger partial charge in [0, 0.05) is 22.3 Å². The summed E-state index contributed by atoms with van der Waals surface area (Å²) in [6.07, 6.45) is 0. The van der Waals surface area contributed by atoms with Crippen molar-refractivity contribution in [3.63, 3.8) is 0 Å². The second kappa shape index (κ2) is 7.87. The SMILES string of the molecule is Cc1ccc2c(C#Cc3ccccc3)c(C)cc(C#Cc3ccccc3)c2c1. The summed E-state index contributed by atoms with van der Waals surface area (Å²) >= 11 is 0. The highest BCUT2D eigenvalue weighted by atomic mass is 14.1. The molecule has 0 atom stereocenters. The fourth-order valence-electron chi connectivity index (χ4n) is 3.26. The zero-order chi connectivity index (χ0) is 19.3. The number of rotatable bonds is 0. The molecule has 4 aromatic carbocycles. The van der Waals surface area contributed by atoms with Crippen LogP contribution in [-0.2, 0) is 0 Å². The van der Waals surface area contributed by atoms with Crippen molar-refractivity contribution >= 4 is 10.8 Å². The van der Waals surface area contributed by atoms with Crippen LogP contribution in [0.3, 0.4) is 0 Å². The van der Waals surface area contributed by atoms with Gasteiger partial charge in [-0.3, -0.25) is 0 Å². The van der Waals surface area contributed by atoms with Gasteiger partial charge in [-0.1, -0.05) is 83.8 Å². The van der Waals surface area contributed by atoms with Crippen LogP contribution in [-0.4, -0.2) is 0 Å². The van der Waals surface area contributed by atoms with E-state index < -0.39 is 0 Å². The van der Waals surface area contributed by atoms with Gasteiger partial charge in [0.25, 0.3) is 0 Å². The Bertz CT molecular complexity index is 1260. The molecular weight excluding hydrogens is 336 g/mol. The molecule has 0 saturated carbocycles. The summed E-state index contributed by atoms with van der Waals surface area (Å²) < 4.78 is 0. The minimum Gasteiger partial charge on any atom is -0.0622 e. The Balaban J connectivity index is 1.87. The quantitative estimate of drug-likeness (QED) is 0.326. The van der Waals surface area contributed by atoms with Crippen molar-refractivity contribution in [3.05, 3.63) is 118 Å². The molecule has 0 spiro atoms. The lowest BCUT2D eigenvalue weighted by atomic mass is 9.94. The van der Waals surface area contributed by atoms with E-state index in [1.54, 1.807) is 0 Å². The van der Waals surface area contributed by atoms with Gasteiger partial charge in [-0.25, -0.2) is 0 Å². The molecule has 0 fully saturated rings. The van der Waals surface area contributed by atoms with Gasteiger partial charge in [0.1, 0.15) is 0 Å². The van der Waals surface area contributed by atoms with Gasteiger partial charge in [-0.05, 0) is 60.5 Å². The summed E-state index contributed by atoms with van der Waals surface area (Å²) in [5, 5.41) is 2.32. The van der Waals surface area contributed by atoms with Crippen molar-refractivity contribution in [2.75, 3.05) is 0 Å². The summed E-state index contributed by atoms with van der Waals surface area (Å²) in [6, 6.07) is 28.9. The Hall–Kier alpha value is -3.74. The van der Waals surface area contributed by atoms with Crippen LogP contribution in [0, 0.1) is 37.5 Å². The summed E-state index contributed by atoms with van der Waals surface area (Å²) in [7, 11) is 0. The molecule has 28 heavy (non-hydrogen) atoms. The van der Waals surface area contributed by atoms with E-state index in [2.05, 4.69) is 61.8 Å². The van der Waals surface area contributed by atoms with Crippen molar-refractivity contribution in [2.24, 2.45) is 0 Å². The van der Waals surface area contributed by atoms with Crippen LogP contribution in [0.15, 0.2) is 84.9 Å². The van der Waals surface area contributed by atoms with Gasteiger partial charge in [0.05, 0.1) is 0 Å². The third-order valence-electron chi connectivity index (χ3n) is 4.71. The summed E-state index contributed by atoms with van der Waals surface area (Å²) in [5.74, 6) is 13.4. The zero-order valence-corrected chi connectivity index (χ0v) is 16.1. The van der Waals surface area contributed by atoms with Crippen LogP contribution in [0.1, 0.15) is 33.4 Å². The largest absolute Gasteiger partial charge is 0.0622 e. The highest BCUT2D eigenvalue weighted by Crippen LogP contribution is 2.26. The molecule has 0 radical (unpaired) electrons. The van der Waals surface area contributed by atoms with E-state index in [1.165, 1.54) is 5.56 Å². The first-order valence-electron chi connectivity index (χ1n) is 9.39. The fraction of sp³-hybridized carbons (Fsp3) is 0.0714. The van der Waals surface area contributed by atoms with Gasteiger partial charge in [-0.2, -0.15) is 0 Å². The zero-order valence-electron chi connectivity index (χ0n) is 16.1. The van der Waals surface area contributed by atoms with Crippen LogP contribution in [0.2, 0.25) is 0 Å². The topological polar surface area (TPSA) is 0 Å². The third-order valence-corrected chi connectivity index (χ3v) is 4.71. The molecule has 0 aliphatic heterocycles. The second-order valence-corrected chi connectivity index (χ2v) is 6.90. The maximum absolute atomic E-state index is 3.39. The number of hydrogen-bond donors (Lipinski definition) is 0. The van der Waals surface area contributed by atoms with Crippen LogP contribution in [0.5, 0.6) is 0 Å². The molecule has 0 amide bonds. The highest BCUT2D eigenvalue weighted by molar-refractivity contribution is 5.94. The third kappa shape index (κ3) is 3.83. The number of hydrogen-bond acceptors (Lipinski definition) is 0. The second-order valence-electron chi connectivity index (χ2n) is 6.90. The van der Waals surface area contributed by atoms with E-state index in [0.717, 1.165) is 38.6 Å². The molecule has 0 heteroatoms. The van der Waals surface area contributed by atoms with Gasteiger partial charge in [-0.15, -0.1) is 0 Å². The first-order valence-corrected chi connectivity index (χ1v) is 9.39. The first kappa shape index (κ1) is 17.7. The Labute approximate surface area is 166 Å². The summed E-state index contributed by atoms with van der Waals surface area (Å²) in [6.45, 7) is 4.23. The molecule has 132 valence electrons. The standard InChI is InChI=1S/C28H20/c1-21-13-17-27-26(18-15-24-11-7-4-8-12-24)22(2)20-25(28(27)19-21)16-14-23-9-5-3-6-10-23/h3-13,17,19-20H,1-2H3. The number of aryl methyl sites for hydroxylation is 2. The fourth-order valence-corrected chi connectivity index (χ4v) is 3.26.